The molecule has 1 fully saturated rings. The zero-order chi connectivity index (χ0) is 14.1. The van der Waals surface area contributed by atoms with Gasteiger partial charge in [-0.2, -0.15) is 0 Å². The van der Waals surface area contributed by atoms with Crippen molar-refractivity contribution in [3.63, 3.8) is 0 Å². The van der Waals surface area contributed by atoms with Crippen molar-refractivity contribution in [1.29, 1.82) is 0 Å². The van der Waals surface area contributed by atoms with Crippen LogP contribution in [-0.4, -0.2) is 29.7 Å². The zero-order valence-electron chi connectivity index (χ0n) is 11.9. The number of Topliss-reactive ketones (excluding diaryl/α,β-unsaturated/α-hetero) is 1. The van der Waals surface area contributed by atoms with Crippen LogP contribution in [0.1, 0.15) is 38.7 Å². The van der Waals surface area contributed by atoms with E-state index in [0.717, 1.165) is 6.42 Å². The van der Waals surface area contributed by atoms with Crippen molar-refractivity contribution >= 4 is 11.7 Å². The topological polar surface area (TPSA) is 37.4 Å². The molecule has 0 unspecified atom stereocenters. The molecule has 104 valence electrons. The minimum atomic E-state index is 0.168. The first-order valence-electron chi connectivity index (χ1n) is 7.09. The Hall–Kier alpha value is -1.64. The van der Waals surface area contributed by atoms with Crippen LogP contribution >= 0.6 is 0 Å². The van der Waals surface area contributed by atoms with Gasteiger partial charge in [0.2, 0.25) is 5.91 Å². The predicted molar refractivity (Wildman–Crippen MR) is 76.9 cm³/mol. The lowest BCUT2D eigenvalue weighted by Crippen LogP contribution is -2.38. The van der Waals surface area contributed by atoms with E-state index in [-0.39, 0.29) is 11.7 Å². The van der Waals surface area contributed by atoms with Gasteiger partial charge < -0.3 is 4.90 Å². The first-order valence-corrected chi connectivity index (χ1v) is 7.09. The molecular formula is C16H23NO2. The van der Waals surface area contributed by atoms with Gasteiger partial charge in [0.15, 0.2) is 0 Å². The molecule has 19 heavy (non-hydrogen) atoms. The first kappa shape index (κ1) is 15.4. The van der Waals surface area contributed by atoms with Gasteiger partial charge in [-0.15, -0.1) is 0 Å². The van der Waals surface area contributed by atoms with E-state index in [1.54, 1.807) is 0 Å². The second-order valence-electron chi connectivity index (χ2n) is 4.41. The molecule has 0 bridgehead atoms. The summed E-state index contributed by atoms with van der Waals surface area (Å²) in [5.74, 6) is 0.443. The van der Waals surface area contributed by atoms with Crippen LogP contribution in [0.3, 0.4) is 0 Å². The average Bonchev–Trinajstić information content (AvgIpc) is 2.49. The molecule has 3 heteroatoms. The van der Waals surface area contributed by atoms with E-state index >= 15 is 0 Å². The van der Waals surface area contributed by atoms with Crippen molar-refractivity contribution in [2.45, 2.75) is 39.5 Å². The number of hydrogen-bond donors (Lipinski definition) is 0. The van der Waals surface area contributed by atoms with Crippen molar-refractivity contribution in [3.05, 3.63) is 35.9 Å². The molecular weight excluding hydrogens is 238 g/mol. The lowest BCUT2D eigenvalue weighted by atomic mass is 10.1. The summed E-state index contributed by atoms with van der Waals surface area (Å²) < 4.78 is 0. The highest BCUT2D eigenvalue weighted by atomic mass is 16.2. The predicted octanol–water partition coefficient (Wildman–Crippen LogP) is 2.84. The van der Waals surface area contributed by atoms with E-state index in [2.05, 4.69) is 0 Å². The summed E-state index contributed by atoms with van der Waals surface area (Å²) in [6, 6.07) is 10.0. The lowest BCUT2D eigenvalue weighted by molar-refractivity contribution is -0.134. The third-order valence-electron chi connectivity index (χ3n) is 3.14. The van der Waals surface area contributed by atoms with Gasteiger partial charge >= 0.3 is 0 Å². The van der Waals surface area contributed by atoms with Crippen LogP contribution in [0.25, 0.3) is 0 Å². The Bertz CT molecular complexity index is 390. The highest BCUT2D eigenvalue weighted by Gasteiger charge is 2.20. The van der Waals surface area contributed by atoms with Gasteiger partial charge in [-0.1, -0.05) is 44.2 Å². The van der Waals surface area contributed by atoms with Crippen LogP contribution in [0.5, 0.6) is 0 Å². The van der Waals surface area contributed by atoms with E-state index in [1.165, 1.54) is 5.56 Å². The van der Waals surface area contributed by atoms with Crippen LogP contribution in [0.15, 0.2) is 30.3 Å². The van der Waals surface area contributed by atoms with Crippen molar-refractivity contribution in [1.82, 2.24) is 4.90 Å². The fourth-order valence-electron chi connectivity index (χ4n) is 2.06. The largest absolute Gasteiger partial charge is 0.342 e. The average molecular weight is 261 g/mol. The molecule has 0 spiro atoms. The molecule has 0 saturated carbocycles. The molecule has 1 aromatic carbocycles. The number of carbonyl (C=O) groups excluding carboxylic acids is 2. The third-order valence-corrected chi connectivity index (χ3v) is 3.14. The Morgan fingerprint density at radius 3 is 2.26 bits per heavy atom. The van der Waals surface area contributed by atoms with E-state index in [0.29, 0.717) is 32.4 Å². The lowest BCUT2D eigenvalue weighted by Gasteiger charge is -2.26. The number of amides is 1. The Morgan fingerprint density at radius 1 is 1.11 bits per heavy atom. The van der Waals surface area contributed by atoms with Crippen LogP contribution in [0.2, 0.25) is 0 Å². The molecule has 1 heterocycles. The van der Waals surface area contributed by atoms with Gasteiger partial charge in [0, 0.05) is 32.4 Å². The van der Waals surface area contributed by atoms with Gasteiger partial charge in [0.05, 0.1) is 0 Å². The van der Waals surface area contributed by atoms with E-state index in [1.807, 2.05) is 49.1 Å². The summed E-state index contributed by atoms with van der Waals surface area (Å²) in [6.07, 6.45) is 2.37. The quantitative estimate of drug-likeness (QED) is 0.839. The molecule has 0 aliphatic carbocycles. The summed E-state index contributed by atoms with van der Waals surface area (Å²) >= 11 is 0. The SMILES string of the molecule is CC.O=C1CCN(C(=O)CCc2ccccc2)CC1. The molecule has 0 atom stereocenters. The maximum absolute atomic E-state index is 11.9. The Balaban J connectivity index is 0.000000861. The summed E-state index contributed by atoms with van der Waals surface area (Å²) in [7, 11) is 0. The van der Waals surface area contributed by atoms with E-state index in [9.17, 15) is 9.59 Å². The maximum atomic E-state index is 11.9. The van der Waals surface area contributed by atoms with Crippen molar-refractivity contribution < 1.29 is 9.59 Å². The third kappa shape index (κ3) is 5.25. The summed E-state index contributed by atoms with van der Waals surface area (Å²) in [5.41, 5.74) is 1.19. The standard InChI is InChI=1S/C14H17NO2.C2H6/c16-13-8-10-15(11-9-13)14(17)7-6-12-4-2-1-3-5-12;1-2/h1-5H,6-11H2;1-2H3. The number of piperidine rings is 1. The Kier molecular flexibility index (Phi) is 6.86. The van der Waals surface area contributed by atoms with Gasteiger partial charge in [0.25, 0.3) is 0 Å². The smallest absolute Gasteiger partial charge is 0.222 e. The highest BCUT2D eigenvalue weighted by molar-refractivity contribution is 5.83. The summed E-state index contributed by atoms with van der Waals surface area (Å²) in [4.78, 5) is 24.8. The minimum Gasteiger partial charge on any atom is -0.342 e. The number of benzene rings is 1. The van der Waals surface area contributed by atoms with Crippen LogP contribution in [-0.2, 0) is 16.0 Å². The number of ketones is 1. The highest BCUT2D eigenvalue weighted by Crippen LogP contribution is 2.09. The van der Waals surface area contributed by atoms with E-state index in [4.69, 9.17) is 0 Å². The van der Waals surface area contributed by atoms with Gasteiger partial charge in [-0.05, 0) is 12.0 Å². The van der Waals surface area contributed by atoms with Gasteiger partial charge in [0.1, 0.15) is 5.78 Å². The molecule has 1 aromatic rings. The van der Waals surface area contributed by atoms with Crippen molar-refractivity contribution in [2.75, 3.05) is 13.1 Å². The molecule has 1 aliphatic heterocycles. The number of hydrogen-bond acceptors (Lipinski definition) is 2. The van der Waals surface area contributed by atoms with Crippen LogP contribution in [0, 0.1) is 0 Å². The number of aryl methyl sites for hydroxylation is 1. The van der Waals surface area contributed by atoms with Crippen molar-refractivity contribution in [2.24, 2.45) is 0 Å². The van der Waals surface area contributed by atoms with Crippen LogP contribution < -0.4 is 0 Å². The molecule has 0 N–H and O–H groups in total. The number of nitrogens with zero attached hydrogens (tertiary/aromatic N) is 1. The molecule has 3 nitrogen and oxygen atoms in total. The molecule has 1 aliphatic rings. The zero-order valence-corrected chi connectivity index (χ0v) is 11.9. The number of likely N-dealkylation sites (tertiary alicyclic amines) is 1. The fraction of sp³-hybridized carbons (Fsp3) is 0.500. The summed E-state index contributed by atoms with van der Waals surface area (Å²) in [5, 5.41) is 0. The number of rotatable bonds is 3. The first-order chi connectivity index (χ1) is 9.25. The second-order valence-corrected chi connectivity index (χ2v) is 4.41. The van der Waals surface area contributed by atoms with Crippen LogP contribution in [0.4, 0.5) is 0 Å². The van der Waals surface area contributed by atoms with Gasteiger partial charge in [-0.25, -0.2) is 0 Å². The van der Waals surface area contributed by atoms with E-state index < -0.39 is 0 Å². The molecule has 2 rings (SSSR count). The monoisotopic (exact) mass is 261 g/mol. The molecule has 0 radical (unpaired) electrons. The Morgan fingerprint density at radius 2 is 1.68 bits per heavy atom. The second kappa shape index (κ2) is 8.46. The van der Waals surface area contributed by atoms with Gasteiger partial charge in [-0.3, -0.25) is 9.59 Å². The number of carbonyl (C=O) groups is 2. The van der Waals surface area contributed by atoms with Crippen molar-refractivity contribution in [3.8, 4) is 0 Å². The molecule has 0 aromatic heterocycles. The Labute approximate surface area is 115 Å². The maximum Gasteiger partial charge on any atom is 0.222 e. The normalized spacial score (nSPS) is 14.6. The minimum absolute atomic E-state index is 0.168. The molecule has 1 saturated heterocycles. The molecule has 1 amide bonds. The fourth-order valence-corrected chi connectivity index (χ4v) is 2.06. The summed E-state index contributed by atoms with van der Waals surface area (Å²) in [6.45, 7) is 5.21.